The van der Waals surface area contributed by atoms with Crippen molar-refractivity contribution < 1.29 is 23.4 Å². The molecule has 78 valence electrons. The maximum Gasteiger partial charge on any atom is 0.303 e. The number of sulfonamides is 1. The summed E-state index contributed by atoms with van der Waals surface area (Å²) < 4.78 is 23.3. The zero-order valence-corrected chi connectivity index (χ0v) is 8.04. The first kappa shape index (κ1) is 12.3. The van der Waals surface area contributed by atoms with Crippen LogP contribution in [0.25, 0.3) is 0 Å². The molecule has 0 saturated heterocycles. The van der Waals surface area contributed by atoms with Crippen LogP contribution in [0, 0.1) is 5.92 Å². The largest absolute Gasteiger partial charge is 0.481 e. The quantitative estimate of drug-likeness (QED) is 0.502. The highest BCUT2D eigenvalue weighted by Gasteiger charge is 2.13. The Bertz CT molecular complexity index is 260. The number of aliphatic carboxylic acids is 1. The van der Waals surface area contributed by atoms with E-state index in [1.54, 1.807) is 0 Å². The SMILES string of the molecule is CS(=O)(=O)NCC(CO)CC(=O)O. The lowest BCUT2D eigenvalue weighted by molar-refractivity contribution is -0.138. The predicted octanol–water partition coefficient (Wildman–Crippen LogP) is -1.38. The second-order valence-corrected chi connectivity index (χ2v) is 4.60. The van der Waals surface area contributed by atoms with E-state index in [4.69, 9.17) is 10.2 Å². The molecule has 0 fully saturated rings. The molecule has 1 unspecified atom stereocenters. The monoisotopic (exact) mass is 211 g/mol. The smallest absolute Gasteiger partial charge is 0.303 e. The van der Waals surface area contributed by atoms with Gasteiger partial charge in [0.1, 0.15) is 0 Å². The first-order chi connectivity index (χ1) is 5.85. The molecule has 0 rings (SSSR count). The van der Waals surface area contributed by atoms with Crippen LogP contribution >= 0.6 is 0 Å². The van der Waals surface area contributed by atoms with E-state index < -0.39 is 21.9 Å². The Kier molecular flexibility index (Phi) is 4.89. The summed E-state index contributed by atoms with van der Waals surface area (Å²) in [7, 11) is -3.32. The van der Waals surface area contributed by atoms with E-state index in [0.29, 0.717) is 0 Å². The number of carboxylic acids is 1. The molecule has 7 heteroatoms. The third kappa shape index (κ3) is 7.69. The van der Waals surface area contributed by atoms with Gasteiger partial charge in [-0.2, -0.15) is 0 Å². The van der Waals surface area contributed by atoms with Crippen molar-refractivity contribution in [2.45, 2.75) is 6.42 Å². The van der Waals surface area contributed by atoms with Crippen LogP contribution in [0.15, 0.2) is 0 Å². The lowest BCUT2D eigenvalue weighted by Gasteiger charge is -2.10. The molecule has 3 N–H and O–H groups in total. The molecule has 6 nitrogen and oxygen atoms in total. The van der Waals surface area contributed by atoms with Gasteiger partial charge in [0.05, 0.1) is 12.7 Å². The summed E-state index contributed by atoms with van der Waals surface area (Å²) in [6.07, 6.45) is 0.723. The van der Waals surface area contributed by atoms with Crippen LogP contribution in [0.4, 0.5) is 0 Å². The molecule has 0 aliphatic rings. The van der Waals surface area contributed by atoms with Gasteiger partial charge >= 0.3 is 5.97 Å². The predicted molar refractivity (Wildman–Crippen MR) is 45.7 cm³/mol. The van der Waals surface area contributed by atoms with Gasteiger partial charge in [-0.05, 0) is 0 Å². The summed E-state index contributed by atoms with van der Waals surface area (Å²) in [4.78, 5) is 10.2. The van der Waals surface area contributed by atoms with Crippen LogP contribution in [0.3, 0.4) is 0 Å². The van der Waals surface area contributed by atoms with Crippen molar-refractivity contribution in [2.75, 3.05) is 19.4 Å². The Morgan fingerprint density at radius 1 is 1.54 bits per heavy atom. The molecule has 0 spiro atoms. The molecule has 0 bridgehead atoms. The molecule has 1 atom stereocenters. The molecule has 0 aliphatic carbocycles. The average Bonchev–Trinajstić information content (AvgIpc) is 1.95. The van der Waals surface area contributed by atoms with Crippen molar-refractivity contribution >= 4 is 16.0 Å². The first-order valence-corrected chi connectivity index (χ1v) is 5.51. The maximum absolute atomic E-state index is 10.6. The summed E-state index contributed by atoms with van der Waals surface area (Å²) in [5.41, 5.74) is 0. The number of hydrogen-bond donors (Lipinski definition) is 3. The average molecular weight is 211 g/mol. The van der Waals surface area contributed by atoms with E-state index in [9.17, 15) is 13.2 Å². The van der Waals surface area contributed by atoms with Crippen LogP contribution in [0.1, 0.15) is 6.42 Å². The number of rotatable bonds is 6. The Morgan fingerprint density at radius 3 is 2.38 bits per heavy atom. The molecule has 0 aromatic heterocycles. The Labute approximate surface area is 76.6 Å². The first-order valence-electron chi connectivity index (χ1n) is 3.62. The maximum atomic E-state index is 10.6. The summed E-state index contributed by atoms with van der Waals surface area (Å²) in [5.74, 6) is -1.64. The standard InChI is InChI=1S/C6H13NO5S/c1-13(11,12)7-3-5(4-8)2-6(9)10/h5,7-8H,2-4H2,1H3,(H,9,10). The lowest BCUT2D eigenvalue weighted by Crippen LogP contribution is -2.31. The van der Waals surface area contributed by atoms with Gasteiger partial charge in [-0.3, -0.25) is 4.79 Å². The number of hydrogen-bond acceptors (Lipinski definition) is 4. The minimum atomic E-state index is -3.32. The van der Waals surface area contributed by atoms with Crippen LogP contribution in [0.5, 0.6) is 0 Å². The molecule has 0 saturated carbocycles. The normalized spacial score (nSPS) is 14.0. The Morgan fingerprint density at radius 2 is 2.08 bits per heavy atom. The van der Waals surface area contributed by atoms with Gasteiger partial charge < -0.3 is 10.2 Å². The van der Waals surface area contributed by atoms with E-state index in [-0.39, 0.29) is 19.6 Å². The van der Waals surface area contributed by atoms with Crippen molar-refractivity contribution in [2.24, 2.45) is 5.92 Å². The Balaban J connectivity index is 3.93. The van der Waals surface area contributed by atoms with Crippen molar-refractivity contribution in [1.82, 2.24) is 4.72 Å². The molecular weight excluding hydrogens is 198 g/mol. The summed E-state index contributed by atoms with van der Waals surface area (Å²) in [5, 5.41) is 17.0. The van der Waals surface area contributed by atoms with E-state index >= 15 is 0 Å². The van der Waals surface area contributed by atoms with E-state index in [0.717, 1.165) is 6.26 Å². The number of aliphatic hydroxyl groups is 1. The van der Waals surface area contributed by atoms with Gasteiger partial charge in [-0.25, -0.2) is 13.1 Å². The number of nitrogens with one attached hydrogen (secondary N) is 1. The van der Waals surface area contributed by atoms with Crippen LogP contribution in [-0.4, -0.2) is 44.0 Å². The number of carbonyl (C=O) groups is 1. The fourth-order valence-electron chi connectivity index (χ4n) is 0.717. The van der Waals surface area contributed by atoms with Gasteiger partial charge in [-0.15, -0.1) is 0 Å². The van der Waals surface area contributed by atoms with Crippen molar-refractivity contribution in [3.05, 3.63) is 0 Å². The zero-order valence-electron chi connectivity index (χ0n) is 7.23. The molecule has 0 aliphatic heterocycles. The van der Waals surface area contributed by atoms with Gasteiger partial charge in [0.2, 0.25) is 10.0 Å². The lowest BCUT2D eigenvalue weighted by atomic mass is 10.1. The topological polar surface area (TPSA) is 104 Å². The molecular formula is C6H13NO5S. The molecule has 0 aromatic carbocycles. The van der Waals surface area contributed by atoms with Crippen molar-refractivity contribution in [1.29, 1.82) is 0 Å². The summed E-state index contributed by atoms with van der Waals surface area (Å²) in [6, 6.07) is 0. The van der Waals surface area contributed by atoms with Crippen LogP contribution < -0.4 is 4.72 Å². The summed E-state index contributed by atoms with van der Waals surface area (Å²) in [6.45, 7) is -0.406. The minimum Gasteiger partial charge on any atom is -0.481 e. The minimum absolute atomic E-state index is 0.0539. The van der Waals surface area contributed by atoms with Gasteiger partial charge in [0.15, 0.2) is 0 Å². The highest BCUT2D eigenvalue weighted by molar-refractivity contribution is 7.88. The van der Waals surface area contributed by atoms with E-state index in [1.165, 1.54) is 0 Å². The highest BCUT2D eigenvalue weighted by atomic mass is 32.2. The molecule has 0 amide bonds. The summed E-state index contributed by atoms with van der Waals surface area (Å²) >= 11 is 0. The molecule has 13 heavy (non-hydrogen) atoms. The van der Waals surface area contributed by atoms with Crippen molar-refractivity contribution in [3.63, 3.8) is 0 Å². The fourth-order valence-corrected chi connectivity index (χ4v) is 1.26. The van der Waals surface area contributed by atoms with E-state index in [1.807, 2.05) is 0 Å². The second-order valence-electron chi connectivity index (χ2n) is 2.77. The number of carboxylic acid groups (broad SMARTS) is 1. The van der Waals surface area contributed by atoms with Gasteiger partial charge in [-0.1, -0.05) is 0 Å². The molecule has 0 radical (unpaired) electrons. The fraction of sp³-hybridized carbons (Fsp3) is 0.833. The second kappa shape index (κ2) is 5.15. The zero-order chi connectivity index (χ0) is 10.5. The van der Waals surface area contributed by atoms with Crippen molar-refractivity contribution in [3.8, 4) is 0 Å². The van der Waals surface area contributed by atoms with Gasteiger partial charge in [0, 0.05) is 19.1 Å². The molecule has 0 aromatic rings. The highest BCUT2D eigenvalue weighted by Crippen LogP contribution is 2.00. The third-order valence-corrected chi connectivity index (χ3v) is 2.05. The van der Waals surface area contributed by atoms with E-state index in [2.05, 4.69) is 4.72 Å². The molecule has 0 heterocycles. The Hall–Kier alpha value is -0.660. The van der Waals surface area contributed by atoms with Gasteiger partial charge in [0.25, 0.3) is 0 Å². The third-order valence-electron chi connectivity index (χ3n) is 1.36. The van der Waals surface area contributed by atoms with Crippen LogP contribution in [-0.2, 0) is 14.8 Å². The number of aliphatic hydroxyl groups excluding tert-OH is 1. The van der Waals surface area contributed by atoms with Crippen LogP contribution in [0.2, 0.25) is 0 Å².